The van der Waals surface area contributed by atoms with E-state index in [4.69, 9.17) is 4.74 Å². The highest BCUT2D eigenvalue weighted by molar-refractivity contribution is 5.95. The Bertz CT molecular complexity index is 1070. The Kier molecular flexibility index (Phi) is 7.35. The van der Waals surface area contributed by atoms with Crippen LogP contribution in [-0.4, -0.2) is 57.3 Å². The Morgan fingerprint density at radius 2 is 1.90 bits per heavy atom. The molecule has 0 spiro atoms. The molecule has 5 rings (SSSR count). The molecule has 0 bridgehead atoms. The van der Waals surface area contributed by atoms with Gasteiger partial charge in [0.15, 0.2) is 0 Å². The molecular formula is C21H26Cl2N6O2. The van der Waals surface area contributed by atoms with Crippen molar-refractivity contribution in [2.45, 2.75) is 31.8 Å². The summed E-state index contributed by atoms with van der Waals surface area (Å²) in [6.45, 7) is 4.08. The number of rotatable bonds is 3. The summed E-state index contributed by atoms with van der Waals surface area (Å²) in [5.41, 5.74) is 1.29. The molecule has 0 unspecified atom stereocenters. The SMILES string of the molecule is COc1ccc2nc(C(=O)N3CCC(c4nnc5n4CCNC5)CC3)ccc2c1.Cl.Cl. The van der Waals surface area contributed by atoms with Gasteiger partial charge in [-0.2, -0.15) is 0 Å². The number of fused-ring (bicyclic) bond motifs is 2. The van der Waals surface area contributed by atoms with Crippen LogP contribution in [0.3, 0.4) is 0 Å². The molecule has 1 saturated heterocycles. The summed E-state index contributed by atoms with van der Waals surface area (Å²) in [7, 11) is 1.64. The number of methoxy groups -OCH3 is 1. The second-order valence-corrected chi connectivity index (χ2v) is 7.62. The van der Waals surface area contributed by atoms with Gasteiger partial charge in [0, 0.05) is 37.5 Å². The van der Waals surface area contributed by atoms with E-state index in [1.165, 1.54) is 0 Å². The topological polar surface area (TPSA) is 85.2 Å². The smallest absolute Gasteiger partial charge is 0.272 e. The first-order valence-electron chi connectivity index (χ1n) is 10.1. The lowest BCUT2D eigenvalue weighted by molar-refractivity contribution is 0.0704. The zero-order valence-corrected chi connectivity index (χ0v) is 18.9. The van der Waals surface area contributed by atoms with Crippen molar-refractivity contribution in [1.29, 1.82) is 0 Å². The maximum atomic E-state index is 13.0. The zero-order valence-electron chi connectivity index (χ0n) is 17.3. The molecule has 3 aromatic rings. The lowest BCUT2D eigenvalue weighted by atomic mass is 9.95. The van der Waals surface area contributed by atoms with Crippen LogP contribution < -0.4 is 10.1 Å². The molecule has 2 aliphatic heterocycles. The molecular weight excluding hydrogens is 439 g/mol. The van der Waals surface area contributed by atoms with Crippen molar-refractivity contribution in [2.24, 2.45) is 0 Å². The average molecular weight is 465 g/mol. The molecule has 1 N–H and O–H groups in total. The van der Waals surface area contributed by atoms with E-state index >= 15 is 0 Å². The Hall–Kier alpha value is -2.42. The third kappa shape index (κ3) is 4.46. The minimum atomic E-state index is -0.00589. The van der Waals surface area contributed by atoms with Gasteiger partial charge in [0.2, 0.25) is 0 Å². The molecule has 2 aromatic heterocycles. The van der Waals surface area contributed by atoms with Crippen molar-refractivity contribution < 1.29 is 9.53 Å². The number of nitrogens with one attached hydrogen (secondary N) is 1. The number of carbonyl (C=O) groups excluding carboxylic acids is 1. The number of ether oxygens (including phenoxy) is 1. The van der Waals surface area contributed by atoms with E-state index < -0.39 is 0 Å². The fourth-order valence-electron chi connectivity index (χ4n) is 4.27. The van der Waals surface area contributed by atoms with Crippen LogP contribution >= 0.6 is 24.8 Å². The van der Waals surface area contributed by atoms with Gasteiger partial charge in [0.05, 0.1) is 19.2 Å². The molecule has 8 nitrogen and oxygen atoms in total. The summed E-state index contributed by atoms with van der Waals surface area (Å²) in [4.78, 5) is 19.5. The van der Waals surface area contributed by atoms with Gasteiger partial charge in [-0.1, -0.05) is 6.07 Å². The minimum absolute atomic E-state index is 0. The number of halogens is 2. The fraction of sp³-hybridized carbons (Fsp3) is 0.429. The van der Waals surface area contributed by atoms with Gasteiger partial charge in [-0.25, -0.2) is 4.98 Å². The molecule has 0 aliphatic carbocycles. The number of carbonyl (C=O) groups is 1. The maximum absolute atomic E-state index is 13.0. The van der Waals surface area contributed by atoms with Crippen LogP contribution in [0.25, 0.3) is 10.9 Å². The van der Waals surface area contributed by atoms with Crippen LogP contribution in [0, 0.1) is 0 Å². The third-order valence-electron chi connectivity index (χ3n) is 5.91. The van der Waals surface area contributed by atoms with Crippen molar-refractivity contribution in [3.63, 3.8) is 0 Å². The van der Waals surface area contributed by atoms with E-state index in [-0.39, 0.29) is 30.7 Å². The van der Waals surface area contributed by atoms with Crippen LogP contribution in [0.15, 0.2) is 30.3 Å². The summed E-state index contributed by atoms with van der Waals surface area (Å²) >= 11 is 0. The molecule has 31 heavy (non-hydrogen) atoms. The molecule has 166 valence electrons. The first-order chi connectivity index (χ1) is 14.2. The van der Waals surface area contributed by atoms with Crippen LogP contribution in [0.4, 0.5) is 0 Å². The number of amides is 1. The Labute approximate surface area is 193 Å². The first-order valence-corrected chi connectivity index (χ1v) is 10.1. The van der Waals surface area contributed by atoms with E-state index in [0.29, 0.717) is 24.7 Å². The van der Waals surface area contributed by atoms with Crippen molar-refractivity contribution in [1.82, 2.24) is 30.0 Å². The summed E-state index contributed by atoms with van der Waals surface area (Å²) in [6, 6.07) is 9.42. The summed E-state index contributed by atoms with van der Waals surface area (Å²) in [5, 5.41) is 13.1. The van der Waals surface area contributed by atoms with E-state index in [9.17, 15) is 4.79 Å². The van der Waals surface area contributed by atoms with Gasteiger partial charge in [0.25, 0.3) is 5.91 Å². The maximum Gasteiger partial charge on any atom is 0.272 e. The Morgan fingerprint density at radius 3 is 2.68 bits per heavy atom. The minimum Gasteiger partial charge on any atom is -0.497 e. The predicted octanol–water partition coefficient (Wildman–Crippen LogP) is 2.80. The van der Waals surface area contributed by atoms with E-state index in [1.807, 2.05) is 29.2 Å². The second kappa shape index (κ2) is 9.80. The van der Waals surface area contributed by atoms with Gasteiger partial charge in [-0.3, -0.25) is 4.79 Å². The van der Waals surface area contributed by atoms with Gasteiger partial charge in [0.1, 0.15) is 23.1 Å². The number of nitrogens with zero attached hydrogens (tertiary/aromatic N) is 5. The molecule has 1 aromatic carbocycles. The Balaban J connectivity index is 0.00000136. The van der Waals surface area contributed by atoms with Gasteiger partial charge in [-0.05, 0) is 37.1 Å². The molecule has 4 heterocycles. The van der Waals surface area contributed by atoms with Gasteiger partial charge >= 0.3 is 0 Å². The van der Waals surface area contributed by atoms with Gasteiger partial charge < -0.3 is 19.5 Å². The number of piperidine rings is 1. The molecule has 0 saturated carbocycles. The lowest BCUT2D eigenvalue weighted by Gasteiger charge is -2.32. The number of aromatic nitrogens is 4. The monoisotopic (exact) mass is 464 g/mol. The molecule has 10 heteroatoms. The normalized spacial score (nSPS) is 16.2. The van der Waals surface area contributed by atoms with E-state index in [0.717, 1.165) is 60.8 Å². The fourth-order valence-corrected chi connectivity index (χ4v) is 4.27. The van der Waals surface area contributed by atoms with Crippen LogP contribution in [-0.2, 0) is 13.1 Å². The van der Waals surface area contributed by atoms with Crippen LogP contribution in [0.1, 0.15) is 40.9 Å². The highest BCUT2D eigenvalue weighted by atomic mass is 35.5. The highest BCUT2D eigenvalue weighted by Gasteiger charge is 2.29. The Morgan fingerprint density at radius 1 is 1.10 bits per heavy atom. The lowest BCUT2D eigenvalue weighted by Crippen LogP contribution is -2.39. The quantitative estimate of drug-likeness (QED) is 0.641. The van der Waals surface area contributed by atoms with E-state index in [2.05, 4.69) is 25.1 Å². The largest absolute Gasteiger partial charge is 0.497 e. The molecule has 2 aliphatic rings. The van der Waals surface area contributed by atoms with Crippen molar-refractivity contribution in [3.8, 4) is 5.75 Å². The number of hydrogen-bond donors (Lipinski definition) is 1. The second-order valence-electron chi connectivity index (χ2n) is 7.62. The summed E-state index contributed by atoms with van der Waals surface area (Å²) < 4.78 is 7.50. The number of benzene rings is 1. The number of pyridine rings is 1. The first kappa shape index (κ1) is 23.2. The van der Waals surface area contributed by atoms with Crippen molar-refractivity contribution in [3.05, 3.63) is 47.7 Å². The highest BCUT2D eigenvalue weighted by Crippen LogP contribution is 2.28. The number of likely N-dealkylation sites (tertiary alicyclic amines) is 1. The third-order valence-corrected chi connectivity index (χ3v) is 5.91. The van der Waals surface area contributed by atoms with Crippen molar-refractivity contribution in [2.75, 3.05) is 26.7 Å². The van der Waals surface area contributed by atoms with E-state index in [1.54, 1.807) is 13.2 Å². The van der Waals surface area contributed by atoms with Crippen molar-refractivity contribution >= 4 is 41.6 Å². The number of hydrogen-bond acceptors (Lipinski definition) is 6. The van der Waals surface area contributed by atoms with Crippen LogP contribution in [0.5, 0.6) is 5.75 Å². The molecule has 0 atom stereocenters. The summed E-state index contributed by atoms with van der Waals surface area (Å²) in [6.07, 6.45) is 1.81. The molecule has 1 fully saturated rings. The van der Waals surface area contributed by atoms with Crippen LogP contribution in [0.2, 0.25) is 0 Å². The average Bonchev–Trinajstić information content (AvgIpc) is 3.22. The zero-order chi connectivity index (χ0) is 19.8. The standard InChI is InChI=1S/C21H24N6O2.2ClH/c1-29-16-3-5-17-15(12-16)2-4-18(23-17)21(28)26-9-6-14(7-10-26)20-25-24-19-13-22-8-11-27(19)20;;/h2-5,12,14,22H,6-11,13H2,1H3;2*1H. The molecule has 1 amide bonds. The van der Waals surface area contributed by atoms with Gasteiger partial charge in [-0.15, -0.1) is 35.0 Å². The molecule has 0 radical (unpaired) electrons. The predicted molar refractivity (Wildman–Crippen MR) is 122 cm³/mol. The summed E-state index contributed by atoms with van der Waals surface area (Å²) in [5.74, 6) is 3.23.